The zero-order valence-electron chi connectivity index (χ0n) is 15.8. The van der Waals surface area contributed by atoms with E-state index in [0.29, 0.717) is 29.1 Å². The van der Waals surface area contributed by atoms with Crippen molar-refractivity contribution in [3.05, 3.63) is 59.3 Å². The topological polar surface area (TPSA) is 122 Å². The number of rotatable bonds is 5. The van der Waals surface area contributed by atoms with E-state index in [4.69, 9.17) is 4.74 Å². The molecule has 0 unspecified atom stereocenters. The second-order valence-corrected chi connectivity index (χ2v) is 6.37. The van der Waals surface area contributed by atoms with Crippen molar-refractivity contribution in [2.24, 2.45) is 0 Å². The van der Waals surface area contributed by atoms with Crippen LogP contribution in [0.3, 0.4) is 0 Å². The second-order valence-electron chi connectivity index (χ2n) is 6.37. The lowest BCUT2D eigenvalue weighted by atomic mass is 10.0. The molecule has 1 aliphatic heterocycles. The third-order valence-electron chi connectivity index (χ3n) is 4.64. The summed E-state index contributed by atoms with van der Waals surface area (Å²) in [5.41, 5.74) is 4.74. The molecule has 2 heterocycles. The summed E-state index contributed by atoms with van der Waals surface area (Å²) >= 11 is 0. The molecule has 3 aromatic rings. The number of hydrogen-bond donors (Lipinski definition) is 3. The van der Waals surface area contributed by atoms with Crippen molar-refractivity contribution in [2.45, 2.75) is 13.3 Å². The van der Waals surface area contributed by atoms with Crippen LogP contribution in [0.25, 0.3) is 17.0 Å². The fraction of sp³-hybridized carbons (Fsp3) is 0.150. The Morgan fingerprint density at radius 2 is 1.97 bits per heavy atom. The van der Waals surface area contributed by atoms with E-state index in [-0.39, 0.29) is 5.91 Å². The van der Waals surface area contributed by atoms with E-state index in [0.717, 1.165) is 22.5 Å². The molecule has 1 aromatic heterocycles. The van der Waals surface area contributed by atoms with Gasteiger partial charge in [0.05, 0.1) is 23.9 Å². The molecule has 0 saturated heterocycles. The number of nitrogens with zero attached hydrogens (tertiary/aromatic N) is 3. The van der Waals surface area contributed by atoms with E-state index >= 15 is 0 Å². The number of anilines is 2. The second kappa shape index (κ2) is 7.55. The van der Waals surface area contributed by atoms with Crippen molar-refractivity contribution in [3.8, 4) is 11.4 Å². The maximum Gasteiger partial charge on any atom is 0.337 e. The largest absolute Gasteiger partial charge is 0.465 e. The van der Waals surface area contributed by atoms with Gasteiger partial charge in [-0.3, -0.25) is 4.79 Å². The van der Waals surface area contributed by atoms with Crippen LogP contribution in [0.1, 0.15) is 29.3 Å². The third kappa shape index (κ3) is 3.45. The van der Waals surface area contributed by atoms with Crippen LogP contribution in [0.4, 0.5) is 11.4 Å². The first-order chi connectivity index (χ1) is 14.1. The minimum Gasteiger partial charge on any atom is -0.465 e. The smallest absolute Gasteiger partial charge is 0.337 e. The van der Waals surface area contributed by atoms with Crippen molar-refractivity contribution < 1.29 is 14.3 Å². The predicted molar refractivity (Wildman–Crippen MR) is 107 cm³/mol. The minimum absolute atomic E-state index is 0.212. The normalized spacial score (nSPS) is 14.2. The number of carbonyl (C=O) groups is 2. The van der Waals surface area contributed by atoms with Crippen LogP contribution in [-0.2, 0) is 9.53 Å². The van der Waals surface area contributed by atoms with Gasteiger partial charge in [0.15, 0.2) is 5.82 Å². The number of nitrogens with one attached hydrogen (secondary N) is 3. The Morgan fingerprint density at radius 1 is 1.17 bits per heavy atom. The summed E-state index contributed by atoms with van der Waals surface area (Å²) < 4.78 is 4.74. The van der Waals surface area contributed by atoms with Crippen molar-refractivity contribution in [1.29, 1.82) is 0 Å². The Labute approximate surface area is 166 Å². The van der Waals surface area contributed by atoms with E-state index in [1.807, 2.05) is 31.2 Å². The van der Waals surface area contributed by atoms with Gasteiger partial charge in [-0.25, -0.2) is 9.89 Å². The molecule has 9 heteroatoms. The van der Waals surface area contributed by atoms with Gasteiger partial charge in [-0.1, -0.05) is 13.0 Å². The highest BCUT2D eigenvalue weighted by molar-refractivity contribution is 6.32. The SMILES string of the molecule is CC/C(Nc1ccc(-c2nnn[nH]2)cc1)=C1/C(=O)Nc2cc(C(=O)OC)ccc21. The molecule has 29 heavy (non-hydrogen) atoms. The first-order valence-corrected chi connectivity index (χ1v) is 8.99. The molecule has 0 saturated carbocycles. The Kier molecular flexibility index (Phi) is 4.78. The summed E-state index contributed by atoms with van der Waals surface area (Å²) in [6.45, 7) is 1.97. The fourth-order valence-electron chi connectivity index (χ4n) is 3.21. The van der Waals surface area contributed by atoms with Crippen LogP contribution >= 0.6 is 0 Å². The van der Waals surface area contributed by atoms with Crippen molar-refractivity contribution in [3.63, 3.8) is 0 Å². The number of aromatic amines is 1. The summed E-state index contributed by atoms with van der Waals surface area (Å²) in [6, 6.07) is 12.6. The average Bonchev–Trinajstić information content (AvgIpc) is 3.39. The molecule has 0 spiro atoms. The number of benzene rings is 2. The maximum absolute atomic E-state index is 12.6. The summed E-state index contributed by atoms with van der Waals surface area (Å²) in [5, 5.41) is 19.9. The van der Waals surface area contributed by atoms with Crippen molar-refractivity contribution >= 4 is 28.8 Å². The van der Waals surface area contributed by atoms with Gasteiger partial charge in [0.1, 0.15) is 0 Å². The van der Waals surface area contributed by atoms with Crippen molar-refractivity contribution in [2.75, 3.05) is 17.7 Å². The molecule has 0 atom stereocenters. The molecule has 0 fully saturated rings. The zero-order valence-corrected chi connectivity index (χ0v) is 15.8. The van der Waals surface area contributed by atoms with E-state index < -0.39 is 5.97 Å². The molecule has 0 radical (unpaired) electrons. The standard InChI is InChI=1S/C20H18N6O3/c1-3-15(21-13-7-4-11(5-8-13)18-23-25-26-24-18)17-14-9-6-12(20(28)29-2)10-16(14)22-19(17)27/h4-10,21H,3H2,1-2H3,(H,22,27)(H,23,24,25,26)/b17-15-. The molecular weight excluding hydrogens is 372 g/mol. The summed E-state index contributed by atoms with van der Waals surface area (Å²) in [4.78, 5) is 24.4. The number of allylic oxidation sites excluding steroid dienone is 1. The number of tetrazole rings is 1. The van der Waals surface area contributed by atoms with E-state index in [2.05, 4.69) is 31.3 Å². The Balaban J connectivity index is 1.65. The van der Waals surface area contributed by atoms with Gasteiger partial charge in [-0.15, -0.1) is 5.10 Å². The molecule has 4 rings (SSSR count). The lowest BCUT2D eigenvalue weighted by Crippen LogP contribution is -2.10. The monoisotopic (exact) mass is 390 g/mol. The van der Waals surface area contributed by atoms with Crippen LogP contribution in [0, 0.1) is 0 Å². The molecule has 3 N–H and O–H groups in total. The van der Waals surface area contributed by atoms with Crippen LogP contribution < -0.4 is 10.6 Å². The molecular formula is C20H18N6O3. The van der Waals surface area contributed by atoms with Gasteiger partial charge >= 0.3 is 5.97 Å². The zero-order chi connectivity index (χ0) is 20.4. The van der Waals surface area contributed by atoms with Gasteiger partial charge in [0, 0.05) is 22.5 Å². The number of methoxy groups -OCH3 is 1. The summed E-state index contributed by atoms with van der Waals surface area (Å²) in [6.07, 6.45) is 0.620. The van der Waals surface area contributed by atoms with Crippen LogP contribution in [-0.4, -0.2) is 39.6 Å². The number of amides is 1. The molecule has 0 aliphatic carbocycles. The first-order valence-electron chi connectivity index (χ1n) is 8.99. The molecule has 1 aliphatic rings. The lowest BCUT2D eigenvalue weighted by molar-refractivity contribution is -0.110. The van der Waals surface area contributed by atoms with Crippen LogP contribution in [0.5, 0.6) is 0 Å². The third-order valence-corrected chi connectivity index (χ3v) is 4.64. The fourth-order valence-corrected chi connectivity index (χ4v) is 3.21. The van der Waals surface area contributed by atoms with E-state index in [9.17, 15) is 9.59 Å². The Morgan fingerprint density at radius 3 is 2.62 bits per heavy atom. The number of H-pyrrole nitrogens is 1. The highest BCUT2D eigenvalue weighted by Crippen LogP contribution is 2.36. The maximum atomic E-state index is 12.6. The quantitative estimate of drug-likeness (QED) is 0.452. The molecule has 2 aromatic carbocycles. The number of ether oxygens (including phenoxy) is 1. The van der Waals surface area contributed by atoms with Crippen LogP contribution in [0.2, 0.25) is 0 Å². The predicted octanol–water partition coefficient (Wildman–Crippen LogP) is 2.84. The summed E-state index contributed by atoms with van der Waals surface area (Å²) in [5.74, 6) is -0.0813. The molecule has 9 nitrogen and oxygen atoms in total. The van der Waals surface area contributed by atoms with Crippen molar-refractivity contribution in [1.82, 2.24) is 20.6 Å². The lowest BCUT2D eigenvalue weighted by Gasteiger charge is -2.13. The number of esters is 1. The number of carbonyl (C=O) groups excluding carboxylic acids is 2. The van der Waals surface area contributed by atoms with Crippen LogP contribution in [0.15, 0.2) is 48.2 Å². The number of aromatic nitrogens is 4. The van der Waals surface area contributed by atoms with Gasteiger partial charge in [0.25, 0.3) is 5.91 Å². The van der Waals surface area contributed by atoms with Gasteiger partial charge < -0.3 is 15.4 Å². The van der Waals surface area contributed by atoms with Gasteiger partial charge in [-0.2, -0.15) is 0 Å². The molecule has 0 bridgehead atoms. The highest BCUT2D eigenvalue weighted by atomic mass is 16.5. The Bertz CT molecular complexity index is 1100. The molecule has 1 amide bonds. The first kappa shape index (κ1) is 18.4. The van der Waals surface area contributed by atoms with Gasteiger partial charge in [-0.05, 0) is 53.2 Å². The number of fused-ring (bicyclic) bond motifs is 1. The van der Waals surface area contributed by atoms with E-state index in [1.54, 1.807) is 18.2 Å². The highest BCUT2D eigenvalue weighted by Gasteiger charge is 2.28. The number of hydrogen-bond acceptors (Lipinski definition) is 7. The average molecular weight is 390 g/mol. The molecule has 146 valence electrons. The van der Waals surface area contributed by atoms with Gasteiger partial charge in [0.2, 0.25) is 0 Å². The minimum atomic E-state index is -0.449. The summed E-state index contributed by atoms with van der Waals surface area (Å²) in [7, 11) is 1.32. The Hall–Kier alpha value is -4.01. The van der Waals surface area contributed by atoms with E-state index in [1.165, 1.54) is 7.11 Å².